The lowest BCUT2D eigenvalue weighted by molar-refractivity contribution is 0.223. The second kappa shape index (κ2) is 4.60. The third-order valence-electron chi connectivity index (χ3n) is 3.80. The van der Waals surface area contributed by atoms with Crippen molar-refractivity contribution in [1.29, 1.82) is 0 Å². The lowest BCUT2D eigenvalue weighted by Crippen LogP contribution is -2.20. The quantitative estimate of drug-likeness (QED) is 0.749. The zero-order chi connectivity index (χ0) is 14.4. The summed E-state index contributed by atoms with van der Waals surface area (Å²) in [5.41, 5.74) is 1.14. The van der Waals surface area contributed by atoms with E-state index in [0.717, 1.165) is 24.9 Å². The number of nitrogens with one attached hydrogen (secondary N) is 2. The number of aromatic nitrogens is 2. The maximum absolute atomic E-state index is 12.2. The van der Waals surface area contributed by atoms with Crippen LogP contribution in [0.4, 0.5) is 0 Å². The fourth-order valence-electron chi connectivity index (χ4n) is 2.81. The molecule has 0 saturated carbocycles. The first-order valence-electron chi connectivity index (χ1n) is 7.00. The van der Waals surface area contributed by atoms with Crippen molar-refractivity contribution >= 4 is 21.9 Å². The van der Waals surface area contributed by atoms with Crippen LogP contribution in [0.5, 0.6) is 5.75 Å². The van der Waals surface area contributed by atoms with Crippen molar-refractivity contribution in [2.75, 3.05) is 13.1 Å². The van der Waals surface area contributed by atoms with E-state index in [9.17, 15) is 4.79 Å². The molecular formula is C15H15N3O3. The highest BCUT2D eigenvalue weighted by atomic mass is 16.5. The molecule has 0 unspecified atom stereocenters. The van der Waals surface area contributed by atoms with Crippen LogP contribution in [0.25, 0.3) is 21.9 Å². The van der Waals surface area contributed by atoms with Gasteiger partial charge < -0.3 is 19.5 Å². The molecule has 0 radical (unpaired) electrons. The van der Waals surface area contributed by atoms with Crippen LogP contribution >= 0.6 is 0 Å². The lowest BCUT2D eigenvalue weighted by Gasteiger charge is -2.13. The Morgan fingerprint density at radius 1 is 1.43 bits per heavy atom. The molecule has 6 nitrogen and oxygen atoms in total. The predicted molar refractivity (Wildman–Crippen MR) is 78.8 cm³/mol. The van der Waals surface area contributed by atoms with Gasteiger partial charge in [0.15, 0.2) is 11.3 Å². The molecule has 1 atom stereocenters. The summed E-state index contributed by atoms with van der Waals surface area (Å²) >= 11 is 0. The number of ether oxygens (including phenoxy) is 1. The third kappa shape index (κ3) is 1.99. The number of H-pyrrole nitrogens is 1. The van der Waals surface area contributed by atoms with Gasteiger partial charge in [-0.15, -0.1) is 0 Å². The third-order valence-corrected chi connectivity index (χ3v) is 3.80. The van der Waals surface area contributed by atoms with Gasteiger partial charge in [0.2, 0.25) is 0 Å². The fraction of sp³-hybridized carbons (Fsp3) is 0.333. The fourth-order valence-corrected chi connectivity index (χ4v) is 2.81. The van der Waals surface area contributed by atoms with Gasteiger partial charge in [-0.05, 0) is 32.0 Å². The molecule has 0 aliphatic carbocycles. The van der Waals surface area contributed by atoms with Crippen LogP contribution in [0.2, 0.25) is 0 Å². The number of aryl methyl sites for hydroxylation is 1. The summed E-state index contributed by atoms with van der Waals surface area (Å²) in [6, 6.07) is 3.55. The Bertz CT molecular complexity index is 875. The highest BCUT2D eigenvalue weighted by Crippen LogP contribution is 2.33. The molecule has 4 rings (SSSR count). The van der Waals surface area contributed by atoms with Crippen molar-refractivity contribution < 1.29 is 9.15 Å². The molecule has 0 bridgehead atoms. The molecule has 1 aliphatic heterocycles. The minimum Gasteiger partial charge on any atom is -0.485 e. The number of furan rings is 1. The van der Waals surface area contributed by atoms with E-state index in [1.807, 2.05) is 6.07 Å². The number of rotatable bonds is 2. The topological polar surface area (TPSA) is 80.2 Å². The van der Waals surface area contributed by atoms with Crippen LogP contribution in [0, 0.1) is 6.92 Å². The average molecular weight is 285 g/mol. The number of hydrogen-bond donors (Lipinski definition) is 2. The van der Waals surface area contributed by atoms with E-state index in [1.54, 1.807) is 19.3 Å². The minimum absolute atomic E-state index is 0.105. The number of aromatic amines is 1. The molecule has 1 aliphatic rings. The Balaban J connectivity index is 1.96. The molecule has 3 heterocycles. The monoisotopic (exact) mass is 285 g/mol. The van der Waals surface area contributed by atoms with E-state index < -0.39 is 0 Å². The van der Waals surface area contributed by atoms with Crippen LogP contribution in [0.15, 0.2) is 27.6 Å². The van der Waals surface area contributed by atoms with Gasteiger partial charge >= 0.3 is 0 Å². The molecule has 1 saturated heterocycles. The predicted octanol–water partition coefficient (Wildman–Crippen LogP) is 1.72. The van der Waals surface area contributed by atoms with Crippen molar-refractivity contribution in [3.63, 3.8) is 0 Å². The molecule has 6 heteroatoms. The Morgan fingerprint density at radius 3 is 3.14 bits per heavy atom. The molecular weight excluding hydrogens is 270 g/mol. The molecule has 21 heavy (non-hydrogen) atoms. The summed E-state index contributed by atoms with van der Waals surface area (Å²) in [5, 5.41) is 4.59. The summed E-state index contributed by atoms with van der Waals surface area (Å²) in [6.07, 6.45) is 2.65. The van der Waals surface area contributed by atoms with Crippen molar-refractivity contribution in [2.45, 2.75) is 19.4 Å². The van der Waals surface area contributed by atoms with Crippen molar-refractivity contribution in [3.8, 4) is 5.75 Å². The second-order valence-corrected chi connectivity index (χ2v) is 5.32. The SMILES string of the molecule is Cc1nc2c(cc(O[C@H]3CCNC3)c3occc32)c(=O)[nH]1. The van der Waals surface area contributed by atoms with Gasteiger partial charge in [-0.25, -0.2) is 4.98 Å². The number of benzene rings is 1. The molecule has 1 aromatic carbocycles. The Hall–Kier alpha value is -2.34. The van der Waals surface area contributed by atoms with Gasteiger partial charge in [0.05, 0.1) is 22.6 Å². The van der Waals surface area contributed by atoms with E-state index in [1.165, 1.54) is 0 Å². The van der Waals surface area contributed by atoms with Crippen LogP contribution in [-0.2, 0) is 0 Å². The Kier molecular flexibility index (Phi) is 2.71. The first-order valence-corrected chi connectivity index (χ1v) is 7.00. The van der Waals surface area contributed by atoms with E-state index >= 15 is 0 Å². The molecule has 0 spiro atoms. The van der Waals surface area contributed by atoms with Gasteiger partial charge in [-0.3, -0.25) is 4.79 Å². The van der Waals surface area contributed by atoms with Gasteiger partial charge in [0.25, 0.3) is 5.56 Å². The first-order chi connectivity index (χ1) is 10.2. The van der Waals surface area contributed by atoms with Gasteiger partial charge in [0.1, 0.15) is 11.9 Å². The smallest absolute Gasteiger partial charge is 0.258 e. The van der Waals surface area contributed by atoms with E-state index in [0.29, 0.717) is 28.1 Å². The molecule has 2 aromatic heterocycles. The highest BCUT2D eigenvalue weighted by molar-refractivity contribution is 6.05. The first kappa shape index (κ1) is 12.4. The summed E-state index contributed by atoms with van der Waals surface area (Å²) in [4.78, 5) is 19.3. The zero-order valence-corrected chi connectivity index (χ0v) is 11.6. The largest absolute Gasteiger partial charge is 0.485 e. The van der Waals surface area contributed by atoms with Gasteiger partial charge in [0, 0.05) is 6.54 Å². The maximum atomic E-state index is 12.2. The van der Waals surface area contributed by atoms with Crippen molar-refractivity contribution in [3.05, 3.63) is 34.6 Å². The summed E-state index contributed by atoms with van der Waals surface area (Å²) in [7, 11) is 0. The summed E-state index contributed by atoms with van der Waals surface area (Å²) in [6.45, 7) is 3.52. The van der Waals surface area contributed by atoms with Crippen LogP contribution in [0.3, 0.4) is 0 Å². The molecule has 3 aromatic rings. The molecule has 108 valence electrons. The van der Waals surface area contributed by atoms with Crippen LogP contribution < -0.4 is 15.6 Å². The zero-order valence-electron chi connectivity index (χ0n) is 11.6. The van der Waals surface area contributed by atoms with Gasteiger partial charge in [-0.1, -0.05) is 0 Å². The standard InChI is InChI=1S/C15H15N3O3/c1-8-17-13-10-3-5-20-14(10)12(6-11(13)15(19)18-8)21-9-2-4-16-7-9/h3,5-6,9,16H,2,4,7H2,1H3,(H,17,18,19)/t9-/m0/s1. The normalized spacial score (nSPS) is 18.6. The average Bonchev–Trinajstić information content (AvgIpc) is 3.10. The number of fused-ring (bicyclic) bond motifs is 3. The minimum atomic E-state index is -0.157. The van der Waals surface area contributed by atoms with Crippen LogP contribution in [0.1, 0.15) is 12.2 Å². The van der Waals surface area contributed by atoms with E-state index in [4.69, 9.17) is 9.15 Å². The number of nitrogens with zero attached hydrogens (tertiary/aromatic N) is 1. The van der Waals surface area contributed by atoms with Crippen molar-refractivity contribution in [1.82, 2.24) is 15.3 Å². The summed E-state index contributed by atoms with van der Waals surface area (Å²) < 4.78 is 11.6. The highest BCUT2D eigenvalue weighted by Gasteiger charge is 2.20. The van der Waals surface area contributed by atoms with E-state index in [-0.39, 0.29) is 11.7 Å². The second-order valence-electron chi connectivity index (χ2n) is 5.32. The molecule has 2 N–H and O–H groups in total. The Morgan fingerprint density at radius 2 is 2.33 bits per heavy atom. The van der Waals surface area contributed by atoms with E-state index in [2.05, 4.69) is 15.3 Å². The molecule has 1 fully saturated rings. The number of hydrogen-bond acceptors (Lipinski definition) is 5. The lowest BCUT2D eigenvalue weighted by atomic mass is 10.1. The molecule has 0 amide bonds. The summed E-state index contributed by atoms with van der Waals surface area (Å²) in [5.74, 6) is 1.19. The Labute approximate surface area is 120 Å². The van der Waals surface area contributed by atoms with Crippen LogP contribution in [-0.4, -0.2) is 29.2 Å². The van der Waals surface area contributed by atoms with Crippen molar-refractivity contribution in [2.24, 2.45) is 0 Å². The maximum Gasteiger partial charge on any atom is 0.258 e. The van der Waals surface area contributed by atoms with Gasteiger partial charge in [-0.2, -0.15) is 0 Å².